The number of aryl methyl sites for hydroxylation is 3. The number of methoxy groups -OCH3 is 1. The van der Waals surface area contributed by atoms with Gasteiger partial charge in [0, 0.05) is 10.6 Å². The minimum absolute atomic E-state index is 0.499. The highest BCUT2D eigenvalue weighted by atomic mass is 32.2. The van der Waals surface area contributed by atoms with Crippen LogP contribution in [0.15, 0.2) is 65.6 Å². The lowest BCUT2D eigenvalue weighted by atomic mass is 10.1. The van der Waals surface area contributed by atoms with Gasteiger partial charge in [-0.2, -0.15) is 0 Å². The number of unbranched alkanes of at least 4 members (excludes halogenated alkanes) is 1. The van der Waals surface area contributed by atoms with Gasteiger partial charge in [-0.15, -0.1) is 11.8 Å². The summed E-state index contributed by atoms with van der Waals surface area (Å²) >= 11 is 1.73. The number of ether oxygens (including phenoxy) is 2. The molecule has 2 aromatic carbocycles. The summed E-state index contributed by atoms with van der Waals surface area (Å²) < 4.78 is 11.1. The molecule has 0 radical (unpaired) electrons. The first-order valence-electron chi connectivity index (χ1n) is 11.3. The SMILES string of the molecule is COc1ccc(CCCCOc2ccc(CSc3c(C)cccc3C)nc2/C=C/C(=O)[O-])cc1. The van der Waals surface area contributed by atoms with Crippen LogP contribution in [0.4, 0.5) is 0 Å². The number of carboxylic acids is 1. The molecule has 0 unspecified atom stereocenters. The number of nitrogens with zero attached hydrogens (tertiary/aromatic N) is 1. The van der Waals surface area contributed by atoms with Crippen LogP contribution in [0.2, 0.25) is 0 Å². The van der Waals surface area contributed by atoms with Gasteiger partial charge in [-0.25, -0.2) is 4.98 Å². The number of aliphatic carboxylic acids is 1. The molecule has 0 fully saturated rings. The van der Waals surface area contributed by atoms with Crippen molar-refractivity contribution in [1.82, 2.24) is 4.98 Å². The number of carbonyl (C=O) groups is 1. The summed E-state index contributed by atoms with van der Waals surface area (Å²) in [5.41, 5.74) is 5.08. The summed E-state index contributed by atoms with van der Waals surface area (Å²) in [6.07, 6.45) is 5.24. The zero-order chi connectivity index (χ0) is 24.3. The Balaban J connectivity index is 1.58. The number of carboxylic acid groups (broad SMARTS) is 1. The van der Waals surface area contributed by atoms with Gasteiger partial charge in [-0.3, -0.25) is 0 Å². The molecule has 0 aliphatic heterocycles. The number of carbonyl (C=O) groups excluding carboxylic acids is 1. The van der Waals surface area contributed by atoms with Gasteiger partial charge in [0.15, 0.2) is 0 Å². The minimum atomic E-state index is -1.26. The Morgan fingerprint density at radius 3 is 2.44 bits per heavy atom. The normalized spacial score (nSPS) is 11.0. The van der Waals surface area contributed by atoms with Crippen molar-refractivity contribution < 1.29 is 19.4 Å². The molecule has 5 nitrogen and oxygen atoms in total. The maximum absolute atomic E-state index is 11.0. The number of hydrogen-bond acceptors (Lipinski definition) is 6. The topological polar surface area (TPSA) is 71.5 Å². The van der Waals surface area contributed by atoms with Crippen molar-refractivity contribution in [2.75, 3.05) is 13.7 Å². The second-order valence-corrected chi connectivity index (χ2v) is 8.99. The average molecular weight is 477 g/mol. The molecular formula is C28H30NO4S-. The summed E-state index contributed by atoms with van der Waals surface area (Å²) in [4.78, 5) is 16.8. The first kappa shape index (κ1) is 25.4. The van der Waals surface area contributed by atoms with Crippen molar-refractivity contribution >= 4 is 23.8 Å². The summed E-state index contributed by atoms with van der Waals surface area (Å²) in [5.74, 6) is 0.845. The summed E-state index contributed by atoms with van der Waals surface area (Å²) in [7, 11) is 1.66. The van der Waals surface area contributed by atoms with Gasteiger partial charge in [-0.05, 0) is 86.2 Å². The van der Waals surface area contributed by atoms with Crippen molar-refractivity contribution in [3.8, 4) is 11.5 Å². The monoisotopic (exact) mass is 476 g/mol. The molecule has 6 heteroatoms. The van der Waals surface area contributed by atoms with Crippen LogP contribution in [-0.4, -0.2) is 24.7 Å². The van der Waals surface area contributed by atoms with Gasteiger partial charge in [0.2, 0.25) is 0 Å². The molecule has 0 saturated heterocycles. The number of hydrogen-bond donors (Lipinski definition) is 0. The van der Waals surface area contributed by atoms with Crippen molar-refractivity contribution in [3.63, 3.8) is 0 Å². The molecule has 0 amide bonds. The predicted molar refractivity (Wildman–Crippen MR) is 135 cm³/mol. The molecule has 178 valence electrons. The van der Waals surface area contributed by atoms with Crippen LogP contribution in [0.3, 0.4) is 0 Å². The van der Waals surface area contributed by atoms with Crippen LogP contribution in [0.1, 0.15) is 40.9 Å². The third kappa shape index (κ3) is 7.66. The lowest BCUT2D eigenvalue weighted by Gasteiger charge is -2.12. The lowest BCUT2D eigenvalue weighted by molar-refractivity contribution is -0.297. The highest BCUT2D eigenvalue weighted by Crippen LogP contribution is 2.30. The van der Waals surface area contributed by atoms with Crippen molar-refractivity contribution in [3.05, 3.63) is 88.8 Å². The molecule has 34 heavy (non-hydrogen) atoms. The lowest BCUT2D eigenvalue weighted by Crippen LogP contribution is -2.18. The maximum atomic E-state index is 11.0. The second-order valence-electron chi connectivity index (χ2n) is 8.00. The van der Waals surface area contributed by atoms with Crippen LogP contribution in [0.25, 0.3) is 6.08 Å². The van der Waals surface area contributed by atoms with Crippen LogP contribution >= 0.6 is 11.8 Å². The molecule has 1 heterocycles. The van der Waals surface area contributed by atoms with E-state index in [1.807, 2.05) is 24.3 Å². The Hall–Kier alpha value is -3.25. The number of pyridine rings is 1. The summed E-state index contributed by atoms with van der Waals surface area (Å²) in [6, 6.07) is 18.1. The highest BCUT2D eigenvalue weighted by molar-refractivity contribution is 7.98. The fourth-order valence-electron chi connectivity index (χ4n) is 3.55. The van der Waals surface area contributed by atoms with E-state index in [1.54, 1.807) is 18.9 Å². The van der Waals surface area contributed by atoms with Crippen LogP contribution < -0.4 is 14.6 Å². The Kier molecular flexibility index (Phi) is 9.59. The largest absolute Gasteiger partial charge is 0.545 e. The number of rotatable bonds is 12. The van der Waals surface area contributed by atoms with E-state index in [4.69, 9.17) is 9.47 Å². The van der Waals surface area contributed by atoms with E-state index in [0.29, 0.717) is 23.8 Å². The van der Waals surface area contributed by atoms with E-state index < -0.39 is 5.97 Å². The minimum Gasteiger partial charge on any atom is -0.545 e. The molecule has 3 aromatic rings. The van der Waals surface area contributed by atoms with Crippen molar-refractivity contribution in [2.24, 2.45) is 0 Å². The van der Waals surface area contributed by atoms with Gasteiger partial charge in [-0.1, -0.05) is 30.3 Å². The molecule has 0 N–H and O–H groups in total. The summed E-state index contributed by atoms with van der Waals surface area (Å²) in [6.45, 7) is 4.73. The standard InChI is InChI=1S/C28H31NO4S/c1-20-7-6-8-21(2)28(20)34-19-23-12-16-26(25(29-23)15-17-27(30)31)33-18-5-4-9-22-10-13-24(32-3)14-11-22/h6-8,10-17H,4-5,9,18-19H2,1-3H3,(H,30,31)/p-1/b17-15+. The van der Waals surface area contributed by atoms with Gasteiger partial charge >= 0.3 is 0 Å². The van der Waals surface area contributed by atoms with E-state index in [0.717, 1.165) is 36.8 Å². The fourth-order valence-corrected chi connectivity index (χ4v) is 4.60. The van der Waals surface area contributed by atoms with Gasteiger partial charge in [0.05, 0.1) is 25.4 Å². The molecule has 0 aliphatic rings. The number of thioether (sulfide) groups is 1. The number of benzene rings is 2. The molecule has 0 atom stereocenters. The molecular weight excluding hydrogens is 446 g/mol. The van der Waals surface area contributed by atoms with Crippen molar-refractivity contribution in [2.45, 2.75) is 43.8 Å². The van der Waals surface area contributed by atoms with E-state index >= 15 is 0 Å². The Labute approximate surface area is 205 Å². The van der Waals surface area contributed by atoms with Gasteiger partial charge in [0.25, 0.3) is 0 Å². The van der Waals surface area contributed by atoms with E-state index in [9.17, 15) is 9.90 Å². The average Bonchev–Trinajstić information content (AvgIpc) is 2.83. The molecule has 0 saturated carbocycles. The maximum Gasteiger partial charge on any atom is 0.144 e. The van der Waals surface area contributed by atoms with E-state index in [-0.39, 0.29) is 0 Å². The summed E-state index contributed by atoms with van der Waals surface area (Å²) in [5, 5.41) is 11.0. The zero-order valence-electron chi connectivity index (χ0n) is 19.9. The van der Waals surface area contributed by atoms with Gasteiger partial charge < -0.3 is 19.4 Å². The molecule has 3 rings (SSSR count). The Morgan fingerprint density at radius 1 is 1.03 bits per heavy atom. The predicted octanol–water partition coefficient (Wildman–Crippen LogP) is 5.16. The molecule has 0 aliphatic carbocycles. The smallest absolute Gasteiger partial charge is 0.144 e. The van der Waals surface area contributed by atoms with Crippen LogP contribution in [-0.2, 0) is 17.0 Å². The van der Waals surface area contributed by atoms with Crippen LogP contribution in [0.5, 0.6) is 11.5 Å². The first-order chi connectivity index (χ1) is 16.5. The van der Waals surface area contributed by atoms with Crippen molar-refractivity contribution in [1.29, 1.82) is 0 Å². The Morgan fingerprint density at radius 2 is 1.76 bits per heavy atom. The van der Waals surface area contributed by atoms with E-state index in [2.05, 4.69) is 49.2 Å². The van der Waals surface area contributed by atoms with Gasteiger partial charge in [0.1, 0.15) is 17.2 Å². The third-order valence-electron chi connectivity index (χ3n) is 5.37. The Bertz CT molecular complexity index is 1110. The highest BCUT2D eigenvalue weighted by Gasteiger charge is 2.08. The quantitative estimate of drug-likeness (QED) is 0.204. The first-order valence-corrected chi connectivity index (χ1v) is 12.3. The fraction of sp³-hybridized carbons (Fsp3) is 0.286. The molecule has 0 bridgehead atoms. The van der Waals surface area contributed by atoms with E-state index in [1.165, 1.54) is 27.7 Å². The van der Waals surface area contributed by atoms with Crippen LogP contribution in [0, 0.1) is 13.8 Å². The third-order valence-corrected chi connectivity index (χ3v) is 6.74. The molecule has 0 spiro atoms. The number of aromatic nitrogens is 1. The molecule has 1 aromatic heterocycles. The second kappa shape index (κ2) is 12.8. The zero-order valence-corrected chi connectivity index (χ0v) is 20.7.